The van der Waals surface area contributed by atoms with E-state index in [-0.39, 0.29) is 19.1 Å². The zero-order valence-electron chi connectivity index (χ0n) is 9.59. The smallest absolute Gasteiger partial charge is 0.370 e. The van der Waals surface area contributed by atoms with Gasteiger partial charge in [0.15, 0.2) is 5.96 Å². The average Bonchev–Trinajstić information content (AvgIpc) is 2.68. The van der Waals surface area contributed by atoms with E-state index in [0.29, 0.717) is 6.04 Å². The molecule has 1 aliphatic carbocycles. The normalized spacial score (nSPS) is 18.6. The Bertz CT molecular complexity index is 250. The number of ether oxygens (including phenoxy) is 1. The molecule has 1 fully saturated rings. The number of halogens is 3. The van der Waals surface area contributed by atoms with Crippen LogP contribution in [0.2, 0.25) is 0 Å². The van der Waals surface area contributed by atoms with Gasteiger partial charge in [0.05, 0.1) is 13.2 Å². The average molecular weight is 253 g/mol. The quantitative estimate of drug-likeness (QED) is 0.442. The van der Waals surface area contributed by atoms with Crippen LogP contribution in [-0.4, -0.2) is 37.9 Å². The lowest BCUT2D eigenvalue weighted by atomic mass is 10.2. The molecule has 0 aromatic heterocycles. The monoisotopic (exact) mass is 253 g/mol. The Morgan fingerprint density at radius 1 is 1.35 bits per heavy atom. The van der Waals surface area contributed by atoms with Crippen LogP contribution in [0.3, 0.4) is 0 Å². The van der Waals surface area contributed by atoms with Crippen molar-refractivity contribution in [3.05, 3.63) is 0 Å². The van der Waals surface area contributed by atoms with Gasteiger partial charge >= 0.3 is 6.18 Å². The topological polar surface area (TPSA) is 59.6 Å². The molecule has 0 aromatic carbocycles. The molecule has 0 amide bonds. The minimum absolute atomic E-state index is 0.0768. The highest BCUT2D eigenvalue weighted by molar-refractivity contribution is 5.78. The number of hydrogen-bond donors (Lipinski definition) is 2. The van der Waals surface area contributed by atoms with E-state index in [1.54, 1.807) is 0 Å². The Hall–Kier alpha value is -0.980. The van der Waals surface area contributed by atoms with E-state index in [1.807, 2.05) is 0 Å². The number of aliphatic imine (C=N–C) groups is 1. The van der Waals surface area contributed by atoms with E-state index < -0.39 is 12.8 Å². The van der Waals surface area contributed by atoms with E-state index in [9.17, 15) is 13.2 Å². The molecule has 0 radical (unpaired) electrons. The van der Waals surface area contributed by atoms with Gasteiger partial charge in [-0.2, -0.15) is 13.2 Å². The molecular formula is C10H18F3N3O. The third-order valence-corrected chi connectivity index (χ3v) is 2.49. The summed E-state index contributed by atoms with van der Waals surface area (Å²) >= 11 is 0. The second kappa shape index (κ2) is 6.68. The molecule has 1 saturated carbocycles. The molecule has 1 aliphatic rings. The van der Waals surface area contributed by atoms with Crippen molar-refractivity contribution in [2.24, 2.45) is 10.7 Å². The molecule has 0 bridgehead atoms. The van der Waals surface area contributed by atoms with Crippen molar-refractivity contribution in [1.29, 1.82) is 0 Å². The fourth-order valence-electron chi connectivity index (χ4n) is 1.74. The maximum absolute atomic E-state index is 11.7. The highest BCUT2D eigenvalue weighted by Gasteiger charge is 2.27. The number of nitrogens with one attached hydrogen (secondary N) is 1. The summed E-state index contributed by atoms with van der Waals surface area (Å²) in [5, 5.41) is 3.04. The predicted molar refractivity (Wildman–Crippen MR) is 58.8 cm³/mol. The van der Waals surface area contributed by atoms with Gasteiger partial charge in [0.1, 0.15) is 6.61 Å². The van der Waals surface area contributed by atoms with Crippen molar-refractivity contribution < 1.29 is 17.9 Å². The van der Waals surface area contributed by atoms with Gasteiger partial charge in [-0.3, -0.25) is 4.99 Å². The molecule has 7 heteroatoms. The van der Waals surface area contributed by atoms with Crippen LogP contribution in [0, 0.1) is 0 Å². The van der Waals surface area contributed by atoms with Gasteiger partial charge in [0.25, 0.3) is 0 Å². The summed E-state index contributed by atoms with van der Waals surface area (Å²) in [6.07, 6.45) is 0.220. The van der Waals surface area contributed by atoms with E-state index in [2.05, 4.69) is 15.0 Å². The van der Waals surface area contributed by atoms with Crippen LogP contribution in [0.5, 0.6) is 0 Å². The Morgan fingerprint density at radius 2 is 2.00 bits per heavy atom. The van der Waals surface area contributed by atoms with Crippen molar-refractivity contribution in [1.82, 2.24) is 5.32 Å². The lowest BCUT2D eigenvalue weighted by Gasteiger charge is -2.12. The molecule has 0 aromatic rings. The summed E-state index contributed by atoms with van der Waals surface area (Å²) in [5.74, 6) is 0.285. The number of nitrogens with zero attached hydrogens (tertiary/aromatic N) is 1. The Morgan fingerprint density at radius 3 is 2.59 bits per heavy atom. The molecule has 0 unspecified atom stereocenters. The Kier molecular flexibility index (Phi) is 5.54. The molecule has 0 saturated heterocycles. The second-order valence-corrected chi connectivity index (χ2v) is 4.06. The van der Waals surface area contributed by atoms with Gasteiger partial charge in [-0.15, -0.1) is 0 Å². The number of hydrogen-bond acceptors (Lipinski definition) is 2. The number of rotatable bonds is 5. The van der Waals surface area contributed by atoms with E-state index in [1.165, 1.54) is 12.8 Å². The summed E-state index contributed by atoms with van der Waals surface area (Å²) in [4.78, 5) is 3.90. The maximum atomic E-state index is 11.7. The van der Waals surface area contributed by atoms with Crippen molar-refractivity contribution in [2.45, 2.75) is 37.9 Å². The summed E-state index contributed by atoms with van der Waals surface area (Å²) < 4.78 is 39.5. The van der Waals surface area contributed by atoms with Gasteiger partial charge in [-0.05, 0) is 12.8 Å². The van der Waals surface area contributed by atoms with Gasteiger partial charge < -0.3 is 15.8 Å². The third kappa shape index (κ3) is 7.04. The Labute approximate surface area is 98.4 Å². The van der Waals surface area contributed by atoms with Crippen LogP contribution < -0.4 is 11.1 Å². The highest BCUT2D eigenvalue weighted by Crippen LogP contribution is 2.17. The molecule has 17 heavy (non-hydrogen) atoms. The summed E-state index contributed by atoms with van der Waals surface area (Å²) in [5.41, 5.74) is 5.58. The molecule has 1 rings (SSSR count). The van der Waals surface area contributed by atoms with Crippen molar-refractivity contribution in [2.75, 3.05) is 19.8 Å². The lowest BCUT2D eigenvalue weighted by Crippen LogP contribution is -2.38. The van der Waals surface area contributed by atoms with Gasteiger partial charge in [0, 0.05) is 6.04 Å². The SMILES string of the molecule is NC(=NCCOCC(F)(F)F)NC1CCCC1. The molecule has 3 N–H and O–H groups in total. The molecule has 0 spiro atoms. The van der Waals surface area contributed by atoms with Gasteiger partial charge in [-0.1, -0.05) is 12.8 Å². The second-order valence-electron chi connectivity index (χ2n) is 4.06. The highest BCUT2D eigenvalue weighted by atomic mass is 19.4. The first kappa shape index (κ1) is 14.1. The molecule has 100 valence electrons. The zero-order chi connectivity index (χ0) is 12.7. The van der Waals surface area contributed by atoms with Crippen molar-refractivity contribution in [3.8, 4) is 0 Å². The van der Waals surface area contributed by atoms with Crippen LogP contribution in [0.25, 0.3) is 0 Å². The lowest BCUT2D eigenvalue weighted by molar-refractivity contribution is -0.173. The van der Waals surface area contributed by atoms with Crippen LogP contribution >= 0.6 is 0 Å². The van der Waals surface area contributed by atoms with Crippen LogP contribution in [0.15, 0.2) is 4.99 Å². The number of guanidine groups is 1. The first-order chi connectivity index (χ1) is 7.97. The zero-order valence-corrected chi connectivity index (χ0v) is 9.59. The maximum Gasteiger partial charge on any atom is 0.411 e. The molecule has 0 aliphatic heterocycles. The minimum atomic E-state index is -4.28. The van der Waals surface area contributed by atoms with Crippen LogP contribution in [0.4, 0.5) is 13.2 Å². The molecule has 0 atom stereocenters. The Balaban J connectivity index is 2.06. The summed E-state index contributed by atoms with van der Waals surface area (Å²) in [7, 11) is 0. The van der Waals surface area contributed by atoms with Gasteiger partial charge in [0.2, 0.25) is 0 Å². The van der Waals surface area contributed by atoms with Crippen LogP contribution in [0.1, 0.15) is 25.7 Å². The summed E-state index contributed by atoms with van der Waals surface area (Å²) in [6, 6.07) is 0.356. The molecule has 0 heterocycles. The minimum Gasteiger partial charge on any atom is -0.370 e. The molecular weight excluding hydrogens is 235 g/mol. The number of nitrogens with two attached hydrogens (primary N) is 1. The third-order valence-electron chi connectivity index (χ3n) is 2.49. The van der Waals surface area contributed by atoms with Crippen molar-refractivity contribution >= 4 is 5.96 Å². The molecule has 4 nitrogen and oxygen atoms in total. The standard InChI is InChI=1S/C10H18F3N3O/c11-10(12,13)7-17-6-5-15-9(14)16-8-3-1-2-4-8/h8H,1-7H2,(H3,14,15,16). The van der Waals surface area contributed by atoms with E-state index >= 15 is 0 Å². The first-order valence-corrected chi connectivity index (χ1v) is 5.68. The first-order valence-electron chi connectivity index (χ1n) is 5.68. The predicted octanol–water partition coefficient (Wildman–Crippen LogP) is 1.41. The van der Waals surface area contributed by atoms with E-state index in [4.69, 9.17) is 5.73 Å². The fraction of sp³-hybridized carbons (Fsp3) is 0.900. The van der Waals surface area contributed by atoms with E-state index in [0.717, 1.165) is 12.8 Å². The largest absolute Gasteiger partial charge is 0.411 e. The van der Waals surface area contributed by atoms with Crippen molar-refractivity contribution in [3.63, 3.8) is 0 Å². The summed E-state index contributed by atoms with van der Waals surface area (Å²) in [6.45, 7) is -1.17. The van der Waals surface area contributed by atoms with Crippen LogP contribution in [-0.2, 0) is 4.74 Å². The van der Waals surface area contributed by atoms with Gasteiger partial charge in [-0.25, -0.2) is 0 Å². The fourth-order valence-corrected chi connectivity index (χ4v) is 1.74. The number of alkyl halides is 3.